The molecule has 6 heteroatoms. The van der Waals surface area contributed by atoms with E-state index in [9.17, 15) is 9.90 Å². The van der Waals surface area contributed by atoms with Crippen LogP contribution in [0, 0.1) is 29.6 Å². The van der Waals surface area contributed by atoms with Crippen molar-refractivity contribution in [3.05, 3.63) is 29.8 Å². The number of benzene rings is 1. The van der Waals surface area contributed by atoms with Crippen LogP contribution in [0.5, 0.6) is 5.75 Å². The number of aliphatic hydroxyl groups excluding tert-OH is 1. The van der Waals surface area contributed by atoms with Crippen molar-refractivity contribution in [2.45, 2.75) is 151 Å². The molecule has 0 aliphatic rings. The van der Waals surface area contributed by atoms with Gasteiger partial charge in [-0.05, 0) is 47.7 Å². The largest absolute Gasteiger partial charge is 0.497 e. The van der Waals surface area contributed by atoms with Gasteiger partial charge in [-0.3, -0.25) is 4.79 Å². The quantitative estimate of drug-likeness (QED) is 0.126. The molecule has 0 unspecified atom stereocenters. The van der Waals surface area contributed by atoms with E-state index < -0.39 is 20.3 Å². The van der Waals surface area contributed by atoms with Gasteiger partial charge in [0, 0.05) is 17.8 Å². The van der Waals surface area contributed by atoms with E-state index in [-0.39, 0.29) is 41.7 Å². The molecule has 0 saturated heterocycles. The molecule has 0 heterocycles. The molecule has 5 nitrogen and oxygen atoms in total. The minimum absolute atomic E-state index is 0.107. The normalized spacial score (nSPS) is 16.7. The fraction of sp³-hybridized carbons (Fsp3) is 0.806. The predicted molar refractivity (Wildman–Crippen MR) is 180 cm³/mol. The van der Waals surface area contributed by atoms with E-state index in [0.717, 1.165) is 11.3 Å². The monoisotopic (exact) mass is 606 g/mol. The summed E-state index contributed by atoms with van der Waals surface area (Å²) in [7, 11) is -0.343. The van der Waals surface area contributed by atoms with Crippen molar-refractivity contribution in [3.63, 3.8) is 0 Å². The van der Waals surface area contributed by atoms with Crippen LogP contribution in [0.2, 0.25) is 18.1 Å². The molecule has 0 aromatic heterocycles. The lowest BCUT2D eigenvalue weighted by Crippen LogP contribution is -2.49. The summed E-state index contributed by atoms with van der Waals surface area (Å²) in [4.78, 5) is 14.0. The fourth-order valence-electron chi connectivity index (χ4n) is 6.41. The molecule has 0 aliphatic carbocycles. The Bertz CT molecular complexity index is 833. The Labute approximate surface area is 260 Å². The number of carbonyl (C=O) groups excluding carboxylic acids is 1. The van der Waals surface area contributed by atoms with Crippen molar-refractivity contribution in [1.29, 1.82) is 0 Å². The second-order valence-corrected chi connectivity index (χ2v) is 17.6. The number of hydrogen-bond donors (Lipinski definition) is 1. The van der Waals surface area contributed by atoms with Crippen LogP contribution in [0.25, 0.3) is 0 Å². The van der Waals surface area contributed by atoms with Crippen molar-refractivity contribution in [2.24, 2.45) is 29.6 Å². The summed E-state index contributed by atoms with van der Waals surface area (Å²) >= 11 is 0. The van der Waals surface area contributed by atoms with Gasteiger partial charge in [0.1, 0.15) is 11.5 Å². The van der Waals surface area contributed by atoms with E-state index in [1.54, 1.807) is 7.11 Å². The summed E-state index contributed by atoms with van der Waals surface area (Å²) in [5.74, 6) is 0.393. The van der Waals surface area contributed by atoms with E-state index in [0.29, 0.717) is 6.61 Å². The van der Waals surface area contributed by atoms with Crippen LogP contribution >= 0.6 is 0 Å². The van der Waals surface area contributed by atoms with Crippen LogP contribution < -0.4 is 4.74 Å². The molecule has 0 amide bonds. The predicted octanol–water partition coefficient (Wildman–Crippen LogP) is 9.46. The third-order valence-electron chi connectivity index (χ3n) is 9.22. The van der Waals surface area contributed by atoms with Crippen molar-refractivity contribution >= 4 is 14.1 Å². The van der Waals surface area contributed by atoms with Gasteiger partial charge in [-0.15, -0.1) is 0 Å². The van der Waals surface area contributed by atoms with E-state index in [2.05, 4.69) is 48.5 Å². The van der Waals surface area contributed by atoms with Crippen LogP contribution in [-0.2, 0) is 20.6 Å². The topological polar surface area (TPSA) is 65.0 Å². The van der Waals surface area contributed by atoms with Crippen LogP contribution in [0.4, 0.5) is 0 Å². The molecule has 6 atom stereocenters. The Balaban J connectivity index is 3.09. The van der Waals surface area contributed by atoms with Gasteiger partial charge in [-0.25, -0.2) is 0 Å². The lowest BCUT2D eigenvalue weighted by atomic mass is 9.78. The number of unbranched alkanes of at least 4 members (excludes halogenated alkanes) is 3. The maximum absolute atomic E-state index is 14.0. The third kappa shape index (κ3) is 12.1. The minimum atomic E-state index is -2.00. The molecule has 0 radical (unpaired) electrons. The average Bonchev–Trinajstić information content (AvgIpc) is 2.98. The molecule has 42 heavy (non-hydrogen) atoms. The Morgan fingerprint density at radius 1 is 0.762 bits per heavy atom. The average molecular weight is 607 g/mol. The number of methoxy groups -OCH3 is 1. The molecular weight excluding hydrogens is 540 g/mol. The summed E-state index contributed by atoms with van der Waals surface area (Å²) in [5, 5.41) is 11.5. The number of ketones is 1. The fourth-order valence-corrected chi connectivity index (χ4v) is 11.6. The molecule has 0 bridgehead atoms. The van der Waals surface area contributed by atoms with Crippen LogP contribution in [-0.4, -0.2) is 44.6 Å². The zero-order valence-electron chi connectivity index (χ0n) is 29.1. The zero-order valence-corrected chi connectivity index (χ0v) is 30.1. The van der Waals surface area contributed by atoms with Crippen molar-refractivity contribution in [3.8, 4) is 5.75 Å². The Kier molecular flexibility index (Phi) is 18.4. The van der Waals surface area contributed by atoms with Crippen molar-refractivity contribution in [1.82, 2.24) is 0 Å². The molecule has 0 spiro atoms. The molecule has 244 valence electrons. The van der Waals surface area contributed by atoms with Crippen molar-refractivity contribution < 1.29 is 23.8 Å². The maximum Gasteiger partial charge on any atom is 0.193 e. The Hall–Kier alpha value is -1.21. The highest BCUT2D eigenvalue weighted by atomic mass is 28.4. The van der Waals surface area contributed by atoms with Gasteiger partial charge in [0.15, 0.2) is 8.32 Å². The first-order valence-electron chi connectivity index (χ1n) is 17.0. The summed E-state index contributed by atoms with van der Waals surface area (Å²) < 4.78 is 18.9. The van der Waals surface area contributed by atoms with Gasteiger partial charge >= 0.3 is 0 Å². The molecule has 1 aromatic rings. The van der Waals surface area contributed by atoms with Gasteiger partial charge in [0.25, 0.3) is 0 Å². The number of rotatable bonds is 23. The molecule has 0 saturated carbocycles. The number of hydrogen-bond acceptors (Lipinski definition) is 5. The lowest BCUT2D eigenvalue weighted by Gasteiger charge is -2.41. The second kappa shape index (κ2) is 19.9. The number of Topliss-reactive ketones (excluding diaryl/α,β-unsaturated/α-hetero) is 1. The summed E-state index contributed by atoms with van der Waals surface area (Å²) in [6, 6.07) is 11.4. The lowest BCUT2D eigenvalue weighted by molar-refractivity contribution is -0.137. The summed E-state index contributed by atoms with van der Waals surface area (Å²) in [6.07, 6.45) is 6.04. The van der Waals surface area contributed by atoms with Gasteiger partial charge in [0.05, 0.1) is 32.0 Å². The van der Waals surface area contributed by atoms with E-state index in [1.165, 1.54) is 56.7 Å². The minimum Gasteiger partial charge on any atom is -0.497 e. The Morgan fingerprint density at radius 2 is 1.24 bits per heavy atom. The van der Waals surface area contributed by atoms with E-state index in [4.69, 9.17) is 13.9 Å². The first kappa shape index (κ1) is 38.8. The molecule has 1 rings (SSSR count). The highest BCUT2D eigenvalue weighted by molar-refractivity contribution is 6.73. The first-order valence-corrected chi connectivity index (χ1v) is 19.5. The molecule has 0 fully saturated rings. The standard InChI is InChI=1S/C36H66O5Si/c1-12-15-22-42(23-16-13-2,24-17-14-3)41-36(27(6)7)30(10)34(38)28(8)33(37)29(9)35(26(4)5)40-25-31-18-20-32(39-11)21-19-31/h18-21,26-30,33,35-37H,12-17,22-25H2,1-11H3/t28-,29-,30+,33-,35-,36+/m0/s1. The van der Waals surface area contributed by atoms with Crippen LogP contribution in [0.3, 0.4) is 0 Å². The molecule has 1 aromatic carbocycles. The van der Waals surface area contributed by atoms with Gasteiger partial charge < -0.3 is 19.0 Å². The van der Waals surface area contributed by atoms with E-state index in [1.807, 2.05) is 45.0 Å². The first-order chi connectivity index (χ1) is 19.9. The van der Waals surface area contributed by atoms with Crippen LogP contribution in [0.1, 0.15) is 113 Å². The van der Waals surface area contributed by atoms with Gasteiger partial charge in [0.2, 0.25) is 0 Å². The smallest absolute Gasteiger partial charge is 0.193 e. The van der Waals surface area contributed by atoms with E-state index >= 15 is 0 Å². The molecular formula is C36H66O5Si. The summed E-state index contributed by atoms with van der Waals surface area (Å²) in [5.41, 5.74) is 1.06. The zero-order chi connectivity index (χ0) is 31.9. The SMILES string of the molecule is CCCC[Si](CCCC)(CCCC)O[C@H](C(C)C)[C@H](C)C(=O)[C@@H](C)[C@H](O)[C@H](C)[C@@H](OCc1ccc(OC)cc1)C(C)C. The Morgan fingerprint density at radius 3 is 1.64 bits per heavy atom. The number of ether oxygens (including phenoxy) is 2. The highest BCUT2D eigenvalue weighted by Crippen LogP contribution is 2.36. The number of carbonyl (C=O) groups is 1. The van der Waals surface area contributed by atoms with Crippen molar-refractivity contribution in [2.75, 3.05) is 7.11 Å². The molecule has 0 aliphatic heterocycles. The third-order valence-corrected chi connectivity index (χ3v) is 13.8. The molecule has 1 N–H and O–H groups in total. The highest BCUT2D eigenvalue weighted by Gasteiger charge is 2.42. The summed E-state index contributed by atoms with van der Waals surface area (Å²) in [6.45, 7) is 21.8. The number of aliphatic hydroxyl groups is 1. The van der Waals surface area contributed by atoms with Gasteiger partial charge in [-0.2, -0.15) is 0 Å². The van der Waals surface area contributed by atoms with Gasteiger partial charge in [-0.1, -0.05) is 120 Å². The van der Waals surface area contributed by atoms with Crippen LogP contribution in [0.15, 0.2) is 24.3 Å². The second-order valence-electron chi connectivity index (χ2n) is 13.5. The maximum atomic E-state index is 14.0.